The van der Waals surface area contributed by atoms with Gasteiger partial charge in [0.2, 0.25) is 0 Å². The average Bonchev–Trinajstić information content (AvgIpc) is 3.14. The van der Waals surface area contributed by atoms with Crippen molar-refractivity contribution in [2.75, 3.05) is 5.32 Å². The fourth-order valence-corrected chi connectivity index (χ4v) is 3.66. The highest BCUT2D eigenvalue weighted by molar-refractivity contribution is 9.10. The van der Waals surface area contributed by atoms with Gasteiger partial charge in [-0.05, 0) is 30.7 Å². The third kappa shape index (κ3) is 4.39. The number of allylic oxidation sites excluding steroid dienone is 1. The van der Waals surface area contributed by atoms with Crippen LogP contribution in [0.4, 0.5) is 11.4 Å². The maximum absolute atomic E-state index is 10.9. The Morgan fingerprint density at radius 2 is 2.19 bits per heavy atom. The molecule has 27 heavy (non-hydrogen) atoms. The fourth-order valence-electron chi connectivity index (χ4n) is 2.39. The molecule has 0 aliphatic heterocycles. The summed E-state index contributed by atoms with van der Waals surface area (Å²) in [6.45, 7) is 1.97. The summed E-state index contributed by atoms with van der Waals surface area (Å²) in [7, 11) is 0. The van der Waals surface area contributed by atoms with Crippen LogP contribution in [0.25, 0.3) is 16.8 Å². The summed E-state index contributed by atoms with van der Waals surface area (Å²) in [5, 5.41) is 25.9. The molecule has 6 nitrogen and oxygen atoms in total. The molecule has 8 heteroatoms. The van der Waals surface area contributed by atoms with Crippen molar-refractivity contribution in [2.45, 2.75) is 6.92 Å². The third-order valence-corrected chi connectivity index (χ3v) is 5.14. The number of nitrogens with one attached hydrogen (secondary N) is 1. The second-order valence-electron chi connectivity index (χ2n) is 5.62. The van der Waals surface area contributed by atoms with Gasteiger partial charge in [0, 0.05) is 39.4 Å². The monoisotopic (exact) mass is 440 g/mol. The van der Waals surface area contributed by atoms with Crippen molar-refractivity contribution >= 4 is 44.2 Å². The highest BCUT2D eigenvalue weighted by atomic mass is 79.9. The summed E-state index contributed by atoms with van der Waals surface area (Å²) < 4.78 is 0.983. The number of nitro groups is 1. The van der Waals surface area contributed by atoms with E-state index in [1.54, 1.807) is 23.7 Å². The number of nitriles is 1. The second kappa shape index (κ2) is 8.12. The molecule has 0 amide bonds. The van der Waals surface area contributed by atoms with Gasteiger partial charge in [-0.3, -0.25) is 10.1 Å². The van der Waals surface area contributed by atoms with Crippen LogP contribution in [0, 0.1) is 28.4 Å². The van der Waals surface area contributed by atoms with Crippen LogP contribution in [0.2, 0.25) is 0 Å². The first kappa shape index (κ1) is 18.8. The summed E-state index contributed by atoms with van der Waals surface area (Å²) in [5.74, 6) is 0. The highest BCUT2D eigenvalue weighted by Crippen LogP contribution is 2.28. The molecule has 0 spiro atoms. The smallest absolute Gasteiger partial charge is 0.270 e. The van der Waals surface area contributed by atoms with Crippen LogP contribution in [-0.2, 0) is 0 Å². The molecule has 0 radical (unpaired) electrons. The molecule has 134 valence electrons. The normalized spacial score (nSPS) is 11.1. The summed E-state index contributed by atoms with van der Waals surface area (Å²) >= 11 is 4.73. The molecule has 0 bridgehead atoms. The molecule has 0 aliphatic carbocycles. The van der Waals surface area contributed by atoms with Gasteiger partial charge in [0.1, 0.15) is 16.6 Å². The zero-order valence-electron chi connectivity index (χ0n) is 14.1. The number of nitro benzene ring substituents is 1. The van der Waals surface area contributed by atoms with Crippen LogP contribution >= 0.6 is 27.3 Å². The molecular formula is C19H13BrN4O2S. The van der Waals surface area contributed by atoms with E-state index in [1.807, 2.05) is 25.1 Å². The minimum absolute atomic E-state index is 0.00507. The Morgan fingerprint density at radius 3 is 2.89 bits per heavy atom. The lowest BCUT2D eigenvalue weighted by atomic mass is 10.1. The van der Waals surface area contributed by atoms with Gasteiger partial charge in [-0.1, -0.05) is 28.1 Å². The van der Waals surface area contributed by atoms with Crippen LogP contribution in [-0.4, -0.2) is 9.91 Å². The lowest BCUT2D eigenvalue weighted by Gasteiger charge is -2.06. The molecule has 1 N–H and O–H groups in total. The fraction of sp³-hybridized carbons (Fsp3) is 0.0526. The Bertz CT molecular complexity index is 1090. The van der Waals surface area contributed by atoms with Crippen molar-refractivity contribution in [2.24, 2.45) is 0 Å². The molecule has 3 rings (SSSR count). The van der Waals surface area contributed by atoms with Crippen LogP contribution in [0.5, 0.6) is 0 Å². The van der Waals surface area contributed by atoms with Crippen LogP contribution in [0.1, 0.15) is 10.6 Å². The van der Waals surface area contributed by atoms with E-state index in [4.69, 9.17) is 0 Å². The number of halogens is 1. The predicted octanol–water partition coefficient (Wildman–Crippen LogP) is 5.77. The first-order valence-electron chi connectivity index (χ1n) is 7.81. The lowest BCUT2D eigenvalue weighted by molar-refractivity contribution is -0.384. The van der Waals surface area contributed by atoms with E-state index in [9.17, 15) is 15.4 Å². The predicted molar refractivity (Wildman–Crippen MR) is 110 cm³/mol. The standard InChI is InChI=1S/C19H13BrN4O2S/c1-12-7-15(20)5-6-17(12)22-10-14(9-21)19-23-18(11-27-19)13-3-2-4-16(8-13)24(25)26/h2-8,10-11,22H,1H3/b14-10+. The van der Waals surface area contributed by atoms with Crippen molar-refractivity contribution in [1.29, 1.82) is 5.26 Å². The van der Waals surface area contributed by atoms with Crippen molar-refractivity contribution in [3.05, 3.63) is 79.2 Å². The quantitative estimate of drug-likeness (QED) is 0.309. The van der Waals surface area contributed by atoms with E-state index in [1.165, 1.54) is 23.5 Å². The number of hydrogen-bond acceptors (Lipinski definition) is 6. The lowest BCUT2D eigenvalue weighted by Crippen LogP contribution is -1.93. The number of benzene rings is 2. The van der Waals surface area contributed by atoms with Gasteiger partial charge in [-0.25, -0.2) is 4.98 Å². The second-order valence-corrected chi connectivity index (χ2v) is 7.39. The first-order valence-corrected chi connectivity index (χ1v) is 9.49. The first-order chi connectivity index (χ1) is 13.0. The van der Waals surface area contributed by atoms with E-state index >= 15 is 0 Å². The largest absolute Gasteiger partial charge is 0.360 e. The summed E-state index contributed by atoms with van der Waals surface area (Å²) in [6.07, 6.45) is 1.62. The number of aryl methyl sites for hydroxylation is 1. The van der Waals surface area contributed by atoms with Gasteiger partial charge in [0.15, 0.2) is 0 Å². The molecule has 3 aromatic rings. The maximum Gasteiger partial charge on any atom is 0.270 e. The van der Waals surface area contributed by atoms with Gasteiger partial charge in [0.25, 0.3) is 5.69 Å². The highest BCUT2D eigenvalue weighted by Gasteiger charge is 2.12. The Morgan fingerprint density at radius 1 is 1.37 bits per heavy atom. The number of nitrogens with zero attached hydrogens (tertiary/aromatic N) is 3. The zero-order chi connectivity index (χ0) is 19.4. The van der Waals surface area contributed by atoms with Crippen molar-refractivity contribution in [3.63, 3.8) is 0 Å². The van der Waals surface area contributed by atoms with Gasteiger partial charge < -0.3 is 5.32 Å². The molecule has 0 fully saturated rings. The molecular weight excluding hydrogens is 428 g/mol. The Kier molecular flexibility index (Phi) is 5.64. The number of non-ortho nitro benzene ring substituents is 1. The Balaban J connectivity index is 1.86. The third-order valence-electron chi connectivity index (χ3n) is 3.77. The van der Waals surface area contributed by atoms with Gasteiger partial charge >= 0.3 is 0 Å². The van der Waals surface area contributed by atoms with Crippen LogP contribution in [0.3, 0.4) is 0 Å². The van der Waals surface area contributed by atoms with E-state index in [0.29, 0.717) is 21.8 Å². The summed E-state index contributed by atoms with van der Waals surface area (Å²) in [6, 6.07) is 14.2. The van der Waals surface area contributed by atoms with Crippen LogP contribution < -0.4 is 5.32 Å². The SMILES string of the molecule is Cc1cc(Br)ccc1N/C=C(\C#N)c1nc(-c2cccc([N+](=O)[O-])c2)cs1. The van der Waals surface area contributed by atoms with E-state index in [0.717, 1.165) is 15.7 Å². The molecule has 0 saturated carbocycles. The molecule has 0 saturated heterocycles. The van der Waals surface area contributed by atoms with Gasteiger partial charge in [0.05, 0.1) is 10.6 Å². The molecule has 1 aromatic heterocycles. The van der Waals surface area contributed by atoms with E-state index in [-0.39, 0.29) is 5.69 Å². The molecule has 1 heterocycles. The topological polar surface area (TPSA) is 91.8 Å². The Labute approximate surface area is 168 Å². The minimum Gasteiger partial charge on any atom is -0.360 e. The van der Waals surface area contributed by atoms with Gasteiger partial charge in [-0.15, -0.1) is 11.3 Å². The molecule has 0 atom stereocenters. The number of rotatable bonds is 5. The maximum atomic E-state index is 10.9. The van der Waals surface area contributed by atoms with E-state index < -0.39 is 4.92 Å². The van der Waals surface area contributed by atoms with Crippen molar-refractivity contribution < 1.29 is 4.92 Å². The summed E-state index contributed by atoms with van der Waals surface area (Å²) in [5.41, 5.74) is 3.56. The van der Waals surface area contributed by atoms with E-state index in [2.05, 4.69) is 32.3 Å². The number of anilines is 1. The number of thiazole rings is 1. The molecule has 0 unspecified atom stereocenters. The number of aromatic nitrogens is 1. The Hall–Kier alpha value is -3.02. The van der Waals surface area contributed by atoms with Crippen molar-refractivity contribution in [3.8, 4) is 17.3 Å². The molecule has 0 aliphatic rings. The number of hydrogen-bond donors (Lipinski definition) is 1. The summed E-state index contributed by atoms with van der Waals surface area (Å²) in [4.78, 5) is 15.0. The average molecular weight is 441 g/mol. The zero-order valence-corrected chi connectivity index (χ0v) is 16.5. The van der Waals surface area contributed by atoms with Crippen molar-refractivity contribution in [1.82, 2.24) is 4.98 Å². The van der Waals surface area contributed by atoms with Gasteiger partial charge in [-0.2, -0.15) is 5.26 Å². The molecule has 2 aromatic carbocycles. The van der Waals surface area contributed by atoms with Crippen LogP contribution in [0.15, 0.2) is 58.5 Å². The minimum atomic E-state index is -0.443.